The van der Waals surface area contributed by atoms with Gasteiger partial charge in [0.1, 0.15) is 5.75 Å². The molecule has 2 aromatic rings. The number of rotatable bonds is 6. The highest BCUT2D eigenvalue weighted by Crippen LogP contribution is 2.22. The number of aromatic nitrogens is 2. The largest absolute Gasteiger partial charge is 0.494 e. The average molecular weight is 273 g/mol. The van der Waals surface area contributed by atoms with E-state index in [0.717, 1.165) is 17.9 Å². The van der Waals surface area contributed by atoms with E-state index in [0.29, 0.717) is 6.61 Å². The highest BCUT2D eigenvalue weighted by Gasteiger charge is 2.13. The molecular weight excluding hydrogens is 250 g/mol. The maximum atomic E-state index is 5.57. The lowest BCUT2D eigenvalue weighted by molar-refractivity contribution is 0.339. The molecule has 0 saturated heterocycles. The van der Waals surface area contributed by atoms with Gasteiger partial charge in [-0.25, -0.2) is 0 Å². The van der Waals surface area contributed by atoms with Crippen molar-refractivity contribution < 1.29 is 4.74 Å². The monoisotopic (exact) mass is 273 g/mol. The van der Waals surface area contributed by atoms with E-state index < -0.39 is 0 Å². The number of hydrogen-bond donors (Lipinski definition) is 1. The van der Waals surface area contributed by atoms with Crippen molar-refractivity contribution >= 4 is 0 Å². The second-order valence-corrected chi connectivity index (χ2v) is 4.95. The van der Waals surface area contributed by atoms with Crippen LogP contribution in [0, 0.1) is 6.92 Å². The molecule has 0 saturated carbocycles. The smallest absolute Gasteiger partial charge is 0.119 e. The minimum absolute atomic E-state index is 0.255. The maximum absolute atomic E-state index is 5.57. The predicted molar refractivity (Wildman–Crippen MR) is 81.1 cm³/mol. The number of benzene rings is 1. The van der Waals surface area contributed by atoms with E-state index in [-0.39, 0.29) is 6.04 Å². The molecule has 0 bridgehead atoms. The summed E-state index contributed by atoms with van der Waals surface area (Å²) < 4.78 is 7.52. The van der Waals surface area contributed by atoms with Crippen molar-refractivity contribution in [2.24, 2.45) is 7.05 Å². The van der Waals surface area contributed by atoms with Crippen molar-refractivity contribution in [3.8, 4) is 5.75 Å². The molecule has 20 heavy (non-hydrogen) atoms. The molecule has 1 unspecified atom stereocenters. The molecule has 1 N–H and O–H groups in total. The summed E-state index contributed by atoms with van der Waals surface area (Å²) in [4.78, 5) is 0. The fraction of sp³-hybridized carbons (Fsp3) is 0.438. The number of hydrogen-bond acceptors (Lipinski definition) is 3. The lowest BCUT2D eigenvalue weighted by atomic mass is 10.0. The van der Waals surface area contributed by atoms with E-state index in [9.17, 15) is 0 Å². The van der Waals surface area contributed by atoms with Gasteiger partial charge in [0.25, 0.3) is 0 Å². The van der Waals surface area contributed by atoms with Gasteiger partial charge >= 0.3 is 0 Å². The second kappa shape index (κ2) is 6.57. The van der Waals surface area contributed by atoms with Gasteiger partial charge in [-0.2, -0.15) is 5.10 Å². The number of aryl methyl sites for hydroxylation is 2. The zero-order valence-corrected chi connectivity index (χ0v) is 12.7. The Kier molecular flexibility index (Phi) is 4.79. The summed E-state index contributed by atoms with van der Waals surface area (Å²) in [5.41, 5.74) is 3.52. The third-order valence-electron chi connectivity index (χ3n) is 3.43. The molecule has 0 radical (unpaired) electrons. The molecule has 0 aliphatic heterocycles. The van der Waals surface area contributed by atoms with E-state index in [4.69, 9.17) is 4.74 Å². The normalized spacial score (nSPS) is 12.4. The molecule has 0 fully saturated rings. The van der Waals surface area contributed by atoms with Gasteiger partial charge in [0.2, 0.25) is 0 Å². The van der Waals surface area contributed by atoms with Crippen LogP contribution in [0.25, 0.3) is 0 Å². The Labute approximate surface area is 120 Å². The van der Waals surface area contributed by atoms with Gasteiger partial charge in [-0.05, 0) is 44.7 Å². The van der Waals surface area contributed by atoms with Crippen LogP contribution in [0.5, 0.6) is 5.75 Å². The third-order valence-corrected chi connectivity index (χ3v) is 3.43. The molecule has 1 aromatic heterocycles. The van der Waals surface area contributed by atoms with Crippen molar-refractivity contribution in [2.45, 2.75) is 26.3 Å². The molecule has 1 aromatic carbocycles. The topological polar surface area (TPSA) is 39.1 Å². The van der Waals surface area contributed by atoms with Gasteiger partial charge < -0.3 is 10.1 Å². The van der Waals surface area contributed by atoms with Crippen molar-refractivity contribution in [2.75, 3.05) is 13.7 Å². The first-order valence-corrected chi connectivity index (χ1v) is 7.03. The fourth-order valence-corrected chi connectivity index (χ4v) is 2.44. The summed E-state index contributed by atoms with van der Waals surface area (Å²) in [6.45, 7) is 4.71. The molecule has 4 heteroatoms. The second-order valence-electron chi connectivity index (χ2n) is 4.95. The number of likely N-dealkylation sites (N-methyl/N-ethyl adjacent to an activating group) is 1. The Bertz CT molecular complexity index is 563. The molecule has 0 amide bonds. The maximum Gasteiger partial charge on any atom is 0.119 e. The Morgan fingerprint density at radius 1 is 1.35 bits per heavy atom. The number of nitrogens with zero attached hydrogens (tertiary/aromatic N) is 2. The van der Waals surface area contributed by atoms with Crippen LogP contribution in [0.15, 0.2) is 30.3 Å². The molecule has 4 nitrogen and oxygen atoms in total. The van der Waals surface area contributed by atoms with Crippen molar-refractivity contribution in [3.63, 3.8) is 0 Å². The first-order chi connectivity index (χ1) is 9.63. The van der Waals surface area contributed by atoms with Crippen molar-refractivity contribution in [3.05, 3.63) is 47.3 Å². The summed E-state index contributed by atoms with van der Waals surface area (Å²) in [7, 11) is 3.98. The summed E-state index contributed by atoms with van der Waals surface area (Å²) in [5, 5.41) is 7.78. The summed E-state index contributed by atoms with van der Waals surface area (Å²) in [6.07, 6.45) is 0.906. The zero-order valence-electron chi connectivity index (χ0n) is 12.7. The van der Waals surface area contributed by atoms with Gasteiger partial charge in [0.05, 0.1) is 12.3 Å². The summed E-state index contributed by atoms with van der Waals surface area (Å²) in [6, 6.07) is 10.7. The van der Waals surface area contributed by atoms with E-state index >= 15 is 0 Å². The minimum Gasteiger partial charge on any atom is -0.494 e. The van der Waals surface area contributed by atoms with Gasteiger partial charge in [-0.3, -0.25) is 4.68 Å². The average Bonchev–Trinajstić information content (AvgIpc) is 2.75. The minimum atomic E-state index is 0.255. The molecule has 1 atom stereocenters. The number of nitrogens with one attached hydrogen (secondary N) is 1. The van der Waals surface area contributed by atoms with Crippen LogP contribution in [-0.2, 0) is 13.5 Å². The van der Waals surface area contributed by atoms with Gasteiger partial charge in [0.15, 0.2) is 0 Å². The first-order valence-electron chi connectivity index (χ1n) is 7.03. The summed E-state index contributed by atoms with van der Waals surface area (Å²) in [5.74, 6) is 0.923. The van der Waals surface area contributed by atoms with Gasteiger partial charge in [0, 0.05) is 25.2 Å². The highest BCUT2D eigenvalue weighted by atomic mass is 16.5. The summed E-state index contributed by atoms with van der Waals surface area (Å²) >= 11 is 0. The van der Waals surface area contributed by atoms with Crippen LogP contribution >= 0.6 is 0 Å². The molecular formula is C16H23N3O. The molecule has 0 spiro atoms. The quantitative estimate of drug-likeness (QED) is 0.879. The van der Waals surface area contributed by atoms with E-state index in [2.05, 4.69) is 28.6 Å². The van der Waals surface area contributed by atoms with Gasteiger partial charge in [-0.1, -0.05) is 12.1 Å². The zero-order chi connectivity index (χ0) is 14.5. The lowest BCUT2D eigenvalue weighted by Gasteiger charge is -2.17. The molecule has 0 aliphatic carbocycles. The van der Waals surface area contributed by atoms with Crippen LogP contribution in [0.2, 0.25) is 0 Å². The van der Waals surface area contributed by atoms with Crippen LogP contribution in [0.4, 0.5) is 0 Å². The van der Waals surface area contributed by atoms with Crippen molar-refractivity contribution in [1.82, 2.24) is 15.1 Å². The van der Waals surface area contributed by atoms with E-state index in [1.54, 1.807) is 0 Å². The van der Waals surface area contributed by atoms with Crippen LogP contribution in [-0.4, -0.2) is 23.4 Å². The molecule has 2 rings (SSSR count). The molecule has 0 aliphatic rings. The molecule has 108 valence electrons. The standard InChI is InChI=1S/C16H23N3O/c1-5-20-15-8-6-7-13(10-15)16(17-3)11-14-9-12(2)18-19(14)4/h6-10,16-17H,5,11H2,1-4H3. The van der Waals surface area contributed by atoms with Crippen LogP contribution in [0.1, 0.15) is 29.9 Å². The molecule has 1 heterocycles. The fourth-order valence-electron chi connectivity index (χ4n) is 2.44. The van der Waals surface area contributed by atoms with Crippen LogP contribution < -0.4 is 10.1 Å². The first kappa shape index (κ1) is 14.6. The van der Waals surface area contributed by atoms with Gasteiger partial charge in [-0.15, -0.1) is 0 Å². The SMILES string of the molecule is CCOc1cccc(C(Cc2cc(C)nn2C)NC)c1. The lowest BCUT2D eigenvalue weighted by Crippen LogP contribution is -2.20. The predicted octanol–water partition coefficient (Wildman–Crippen LogP) is 2.63. The Morgan fingerprint density at radius 2 is 2.15 bits per heavy atom. The Morgan fingerprint density at radius 3 is 2.75 bits per heavy atom. The Hall–Kier alpha value is -1.81. The highest BCUT2D eigenvalue weighted by molar-refractivity contribution is 5.31. The van der Waals surface area contributed by atoms with Crippen molar-refractivity contribution in [1.29, 1.82) is 0 Å². The van der Waals surface area contributed by atoms with E-state index in [1.165, 1.54) is 11.3 Å². The van der Waals surface area contributed by atoms with Crippen LogP contribution in [0.3, 0.4) is 0 Å². The Balaban J connectivity index is 2.19. The number of ether oxygens (including phenoxy) is 1. The van der Waals surface area contributed by atoms with E-state index in [1.807, 2.05) is 44.8 Å². The third kappa shape index (κ3) is 3.39.